The van der Waals surface area contributed by atoms with Gasteiger partial charge < -0.3 is 28.6 Å². The van der Waals surface area contributed by atoms with E-state index in [4.69, 9.17) is 23.7 Å². The molecule has 0 aromatic heterocycles. The van der Waals surface area contributed by atoms with Gasteiger partial charge in [0.05, 0.1) is 40.6 Å². The number of benzene rings is 2. The van der Waals surface area contributed by atoms with E-state index < -0.39 is 5.97 Å². The Morgan fingerprint density at radius 3 is 2.21 bits per heavy atom. The van der Waals surface area contributed by atoms with E-state index in [1.165, 1.54) is 26.9 Å². The molecule has 7 nitrogen and oxygen atoms in total. The van der Waals surface area contributed by atoms with Crippen LogP contribution in [0.5, 0.6) is 23.0 Å². The van der Waals surface area contributed by atoms with E-state index in [-0.39, 0.29) is 0 Å². The van der Waals surface area contributed by atoms with Gasteiger partial charge in [0, 0.05) is 6.04 Å². The molecule has 0 N–H and O–H groups in total. The van der Waals surface area contributed by atoms with Crippen molar-refractivity contribution in [1.29, 1.82) is 0 Å². The summed E-state index contributed by atoms with van der Waals surface area (Å²) in [5.41, 5.74) is 1.63. The minimum absolute atomic E-state index is 0.358. The number of esters is 1. The third-order valence-electron chi connectivity index (χ3n) is 5.67. The number of likely N-dealkylation sites (N-methyl/N-ethyl adjacent to an activating group) is 1. The normalized spacial score (nSPS) is 11.7. The predicted octanol–water partition coefficient (Wildman–Crippen LogP) is 4.61. The first kappa shape index (κ1) is 26.3. The van der Waals surface area contributed by atoms with Crippen LogP contribution in [0.1, 0.15) is 42.6 Å². The lowest BCUT2D eigenvalue weighted by molar-refractivity contribution is 0.0492. The summed E-state index contributed by atoms with van der Waals surface area (Å²) in [5.74, 6) is 1.77. The average molecular weight is 460 g/mol. The summed E-state index contributed by atoms with van der Waals surface area (Å²) in [6.07, 6.45) is 2.69. The number of hydrogen-bond donors (Lipinski definition) is 0. The van der Waals surface area contributed by atoms with E-state index in [0.29, 0.717) is 35.5 Å². The molecule has 7 heteroatoms. The molecule has 0 aliphatic carbocycles. The van der Waals surface area contributed by atoms with Crippen molar-refractivity contribution in [3.8, 4) is 23.0 Å². The van der Waals surface area contributed by atoms with Gasteiger partial charge >= 0.3 is 5.97 Å². The Bertz CT molecular complexity index is 860. The lowest BCUT2D eigenvalue weighted by atomic mass is 10.1. The standard InChI is InChI=1S/C26H37NO6/c1-7-27(19(2)15-20-11-10-12-22(16-20)29-3)13-8-9-14-33-26(28)21-17-23(30-4)25(32-6)24(18-21)31-5/h10-12,16-19H,7-9,13-15H2,1-6H3. The van der Waals surface area contributed by atoms with Gasteiger partial charge in [0.1, 0.15) is 5.75 Å². The van der Waals surface area contributed by atoms with Crippen LogP contribution in [-0.2, 0) is 11.2 Å². The first-order chi connectivity index (χ1) is 16.0. The molecule has 0 heterocycles. The zero-order chi connectivity index (χ0) is 24.2. The summed E-state index contributed by atoms with van der Waals surface area (Å²) in [5, 5.41) is 0. The van der Waals surface area contributed by atoms with Gasteiger partial charge in [0.2, 0.25) is 5.75 Å². The fraction of sp³-hybridized carbons (Fsp3) is 0.500. The zero-order valence-electron chi connectivity index (χ0n) is 20.7. The second-order valence-electron chi connectivity index (χ2n) is 7.79. The molecule has 33 heavy (non-hydrogen) atoms. The van der Waals surface area contributed by atoms with E-state index in [2.05, 4.69) is 30.9 Å². The van der Waals surface area contributed by atoms with Gasteiger partial charge in [-0.25, -0.2) is 4.79 Å². The van der Waals surface area contributed by atoms with Gasteiger partial charge in [-0.2, -0.15) is 0 Å². The molecule has 0 saturated heterocycles. The lowest BCUT2D eigenvalue weighted by Crippen LogP contribution is -2.35. The van der Waals surface area contributed by atoms with Gasteiger partial charge in [-0.15, -0.1) is 0 Å². The van der Waals surface area contributed by atoms with Crippen LogP contribution in [0, 0.1) is 0 Å². The van der Waals surface area contributed by atoms with Crippen molar-refractivity contribution in [3.05, 3.63) is 47.5 Å². The number of carbonyl (C=O) groups is 1. The van der Waals surface area contributed by atoms with Crippen LogP contribution >= 0.6 is 0 Å². The fourth-order valence-corrected chi connectivity index (χ4v) is 3.82. The third-order valence-corrected chi connectivity index (χ3v) is 5.67. The molecule has 1 atom stereocenters. The molecule has 2 rings (SSSR count). The van der Waals surface area contributed by atoms with Crippen LogP contribution in [0.25, 0.3) is 0 Å². The maximum Gasteiger partial charge on any atom is 0.338 e. The largest absolute Gasteiger partial charge is 0.497 e. The molecule has 0 aliphatic heterocycles. The molecular weight excluding hydrogens is 422 g/mol. The summed E-state index contributed by atoms with van der Waals surface area (Å²) < 4.78 is 26.7. The number of ether oxygens (including phenoxy) is 5. The Morgan fingerprint density at radius 2 is 1.64 bits per heavy atom. The monoisotopic (exact) mass is 459 g/mol. The molecular formula is C26H37NO6. The summed E-state index contributed by atoms with van der Waals surface area (Å²) in [4.78, 5) is 14.9. The van der Waals surface area contributed by atoms with Gasteiger partial charge in [-0.05, 0) is 69.1 Å². The van der Waals surface area contributed by atoms with Gasteiger partial charge in [0.15, 0.2) is 11.5 Å². The first-order valence-corrected chi connectivity index (χ1v) is 11.3. The van der Waals surface area contributed by atoms with E-state index in [0.717, 1.165) is 38.1 Å². The molecule has 182 valence electrons. The van der Waals surface area contributed by atoms with Gasteiger partial charge in [-0.3, -0.25) is 0 Å². The topological polar surface area (TPSA) is 66.5 Å². The SMILES string of the molecule is CCN(CCCCOC(=O)c1cc(OC)c(OC)c(OC)c1)C(C)Cc1cccc(OC)c1. The first-order valence-electron chi connectivity index (χ1n) is 11.3. The van der Waals surface area contributed by atoms with Crippen molar-refractivity contribution in [3.63, 3.8) is 0 Å². The Morgan fingerprint density at radius 1 is 0.939 bits per heavy atom. The molecule has 0 radical (unpaired) electrons. The van der Waals surface area contributed by atoms with E-state index in [1.807, 2.05) is 12.1 Å². The van der Waals surface area contributed by atoms with Crippen molar-refractivity contribution < 1.29 is 28.5 Å². The Hall–Kier alpha value is -2.93. The Balaban J connectivity index is 1.82. The van der Waals surface area contributed by atoms with Crippen LogP contribution in [0.3, 0.4) is 0 Å². The average Bonchev–Trinajstić information content (AvgIpc) is 2.84. The third kappa shape index (κ3) is 7.56. The molecule has 1 unspecified atom stereocenters. The summed E-state index contributed by atoms with van der Waals surface area (Å²) in [6.45, 7) is 6.69. The minimum atomic E-state index is -0.409. The number of carbonyl (C=O) groups excluding carboxylic acids is 1. The van der Waals surface area contributed by atoms with Crippen molar-refractivity contribution >= 4 is 5.97 Å². The van der Waals surface area contributed by atoms with Crippen molar-refractivity contribution in [2.45, 2.75) is 39.2 Å². The van der Waals surface area contributed by atoms with Crippen molar-refractivity contribution in [1.82, 2.24) is 4.90 Å². The van der Waals surface area contributed by atoms with Crippen LogP contribution in [0.15, 0.2) is 36.4 Å². The summed E-state index contributed by atoms with van der Waals surface area (Å²) in [7, 11) is 6.24. The molecule has 2 aromatic carbocycles. The molecule has 0 saturated carbocycles. The smallest absolute Gasteiger partial charge is 0.338 e. The summed E-state index contributed by atoms with van der Waals surface area (Å²) >= 11 is 0. The van der Waals surface area contributed by atoms with Crippen LogP contribution in [-0.4, -0.2) is 65.0 Å². The molecule has 0 fully saturated rings. The Kier molecular flexibility index (Phi) is 10.8. The van der Waals surface area contributed by atoms with Gasteiger partial charge in [0.25, 0.3) is 0 Å². The minimum Gasteiger partial charge on any atom is -0.497 e. The molecule has 0 spiro atoms. The van der Waals surface area contributed by atoms with Gasteiger partial charge in [-0.1, -0.05) is 19.1 Å². The quantitative estimate of drug-likeness (QED) is 0.302. The fourth-order valence-electron chi connectivity index (χ4n) is 3.82. The number of rotatable bonds is 14. The predicted molar refractivity (Wildman–Crippen MR) is 129 cm³/mol. The Labute approximate surface area is 197 Å². The second kappa shape index (κ2) is 13.6. The van der Waals surface area contributed by atoms with Crippen molar-refractivity contribution in [2.24, 2.45) is 0 Å². The highest BCUT2D eigenvalue weighted by atomic mass is 16.5. The highest BCUT2D eigenvalue weighted by molar-refractivity contribution is 5.91. The molecule has 0 amide bonds. The van der Waals surface area contributed by atoms with Crippen LogP contribution < -0.4 is 18.9 Å². The maximum atomic E-state index is 12.5. The zero-order valence-corrected chi connectivity index (χ0v) is 20.7. The second-order valence-corrected chi connectivity index (χ2v) is 7.79. The highest BCUT2D eigenvalue weighted by Gasteiger charge is 2.18. The number of nitrogens with zero attached hydrogens (tertiary/aromatic N) is 1. The molecule has 0 aliphatic rings. The van der Waals surface area contributed by atoms with E-state index in [9.17, 15) is 4.79 Å². The van der Waals surface area contributed by atoms with Crippen LogP contribution in [0.4, 0.5) is 0 Å². The number of methoxy groups -OCH3 is 4. The molecule has 0 bridgehead atoms. The lowest BCUT2D eigenvalue weighted by Gasteiger charge is -2.28. The van der Waals surface area contributed by atoms with Crippen LogP contribution in [0.2, 0.25) is 0 Å². The summed E-state index contributed by atoms with van der Waals surface area (Å²) in [6, 6.07) is 11.8. The van der Waals surface area contributed by atoms with E-state index in [1.54, 1.807) is 19.2 Å². The molecule has 2 aromatic rings. The van der Waals surface area contributed by atoms with E-state index >= 15 is 0 Å². The maximum absolute atomic E-state index is 12.5. The van der Waals surface area contributed by atoms with Crippen molar-refractivity contribution in [2.75, 3.05) is 48.1 Å². The number of hydrogen-bond acceptors (Lipinski definition) is 7. The number of unbranched alkanes of at least 4 members (excludes halogenated alkanes) is 1. The highest BCUT2D eigenvalue weighted by Crippen LogP contribution is 2.38.